The van der Waals surface area contributed by atoms with Gasteiger partial charge in [0.05, 0.1) is 13.2 Å². The third kappa shape index (κ3) is 9.95. The van der Waals surface area contributed by atoms with Gasteiger partial charge in [-0.05, 0) is 60.3 Å². The highest BCUT2D eigenvalue weighted by atomic mass is 16.7. The molecule has 0 amide bonds. The first-order valence-electron chi connectivity index (χ1n) is 10.7. The molecule has 0 bridgehead atoms. The van der Waals surface area contributed by atoms with E-state index < -0.39 is 35.7 Å². The summed E-state index contributed by atoms with van der Waals surface area (Å²) in [6.45, 7) is 18.4. The van der Waals surface area contributed by atoms with Crippen LogP contribution in [0.3, 0.4) is 0 Å². The van der Waals surface area contributed by atoms with Gasteiger partial charge in [-0.25, -0.2) is 9.59 Å². The molecule has 2 unspecified atom stereocenters. The second-order valence-corrected chi connectivity index (χ2v) is 8.55. The van der Waals surface area contributed by atoms with E-state index in [1.165, 1.54) is 0 Å². The minimum absolute atomic E-state index is 0.362. The van der Waals surface area contributed by atoms with Crippen LogP contribution in [0.25, 0.3) is 0 Å². The summed E-state index contributed by atoms with van der Waals surface area (Å²) in [6, 6.07) is 0. The first-order chi connectivity index (χ1) is 14.5. The van der Waals surface area contributed by atoms with Gasteiger partial charge in [0.15, 0.2) is 0 Å². The van der Waals surface area contributed by atoms with Gasteiger partial charge < -0.3 is 28.4 Å². The van der Waals surface area contributed by atoms with E-state index >= 15 is 0 Å². The molecule has 0 aromatic heterocycles. The van der Waals surface area contributed by atoms with Crippen LogP contribution in [0.15, 0.2) is 24.8 Å². The monoisotopic (exact) mass is 442 g/mol. The Balaban J connectivity index is 0.000000311. The van der Waals surface area contributed by atoms with Crippen molar-refractivity contribution >= 4 is 11.9 Å². The Labute approximate surface area is 185 Å². The average molecular weight is 443 g/mol. The lowest BCUT2D eigenvalue weighted by Gasteiger charge is -2.35. The first kappa shape index (κ1) is 27.3. The van der Waals surface area contributed by atoms with Crippen molar-refractivity contribution in [2.75, 3.05) is 26.4 Å². The maximum absolute atomic E-state index is 11.4. The minimum Gasteiger partial charge on any atom is -0.429 e. The van der Waals surface area contributed by atoms with Crippen molar-refractivity contribution in [1.29, 1.82) is 0 Å². The molecule has 31 heavy (non-hydrogen) atoms. The van der Waals surface area contributed by atoms with Gasteiger partial charge in [-0.1, -0.05) is 13.2 Å². The third-order valence-corrected chi connectivity index (χ3v) is 4.65. The summed E-state index contributed by atoms with van der Waals surface area (Å²) >= 11 is 0. The molecule has 2 rings (SSSR count). The molecule has 0 spiro atoms. The van der Waals surface area contributed by atoms with Crippen LogP contribution in [0.1, 0.15) is 60.3 Å². The van der Waals surface area contributed by atoms with Crippen molar-refractivity contribution in [2.24, 2.45) is 0 Å². The largest absolute Gasteiger partial charge is 0.429 e. The van der Waals surface area contributed by atoms with E-state index in [2.05, 4.69) is 13.2 Å². The predicted molar refractivity (Wildman–Crippen MR) is 115 cm³/mol. The van der Waals surface area contributed by atoms with Gasteiger partial charge in [0.2, 0.25) is 12.6 Å². The number of carbonyl (C=O) groups is 2. The number of esters is 2. The quantitative estimate of drug-likeness (QED) is 0.481. The number of ether oxygens (including phenoxy) is 6. The van der Waals surface area contributed by atoms with Crippen LogP contribution in [0.2, 0.25) is 0 Å². The van der Waals surface area contributed by atoms with Crippen LogP contribution in [-0.4, -0.2) is 62.1 Å². The van der Waals surface area contributed by atoms with Crippen molar-refractivity contribution in [3.05, 3.63) is 24.8 Å². The van der Waals surface area contributed by atoms with Crippen molar-refractivity contribution in [2.45, 2.75) is 84.1 Å². The zero-order valence-corrected chi connectivity index (χ0v) is 19.6. The van der Waals surface area contributed by atoms with Crippen LogP contribution in [0, 0.1) is 0 Å². The Morgan fingerprint density at radius 2 is 1.26 bits per heavy atom. The fraction of sp³-hybridized carbons (Fsp3) is 0.739. The van der Waals surface area contributed by atoms with Crippen LogP contribution in [-0.2, 0) is 38.0 Å². The molecule has 2 atom stereocenters. The van der Waals surface area contributed by atoms with E-state index in [0.29, 0.717) is 32.0 Å². The fourth-order valence-electron chi connectivity index (χ4n) is 2.70. The average Bonchev–Trinajstić information content (AvgIpc) is 2.68. The Morgan fingerprint density at radius 1 is 0.839 bits per heavy atom. The summed E-state index contributed by atoms with van der Waals surface area (Å²) in [4.78, 5) is 22.5. The topological polar surface area (TPSA) is 89.5 Å². The van der Waals surface area contributed by atoms with E-state index in [9.17, 15) is 9.59 Å². The van der Waals surface area contributed by atoms with E-state index in [1.807, 2.05) is 27.7 Å². The maximum Gasteiger partial charge on any atom is 0.335 e. The van der Waals surface area contributed by atoms with E-state index in [1.54, 1.807) is 6.92 Å². The number of hydrogen-bond acceptors (Lipinski definition) is 8. The van der Waals surface area contributed by atoms with Gasteiger partial charge in [0.25, 0.3) is 0 Å². The molecule has 178 valence electrons. The summed E-state index contributed by atoms with van der Waals surface area (Å²) in [5, 5.41) is 0. The predicted octanol–water partition coefficient (Wildman–Crippen LogP) is 3.68. The second kappa shape index (κ2) is 13.0. The summed E-state index contributed by atoms with van der Waals surface area (Å²) in [6.07, 6.45) is 3.55. The number of hydrogen-bond donors (Lipinski definition) is 0. The Bertz CT molecular complexity index is 611. The molecule has 2 fully saturated rings. The second-order valence-electron chi connectivity index (χ2n) is 8.55. The lowest BCUT2D eigenvalue weighted by molar-refractivity contribution is -0.243. The molecule has 0 radical (unpaired) electrons. The lowest BCUT2D eigenvalue weighted by atomic mass is 10.1. The zero-order valence-electron chi connectivity index (χ0n) is 19.6. The van der Waals surface area contributed by atoms with Gasteiger partial charge in [0.1, 0.15) is 11.2 Å². The highest BCUT2D eigenvalue weighted by Gasteiger charge is 2.36. The van der Waals surface area contributed by atoms with Gasteiger partial charge in [-0.15, -0.1) is 0 Å². The SMILES string of the molecule is C=C(C)C(=O)OC1OCCCCOC1(C)C.C=CC(=O)OC1OCCCCOC1(C)C. The van der Waals surface area contributed by atoms with Crippen molar-refractivity contribution in [1.82, 2.24) is 0 Å². The van der Waals surface area contributed by atoms with Gasteiger partial charge in [0, 0.05) is 24.9 Å². The van der Waals surface area contributed by atoms with Crippen LogP contribution in [0.5, 0.6) is 0 Å². The normalized spacial score (nSPS) is 25.7. The summed E-state index contributed by atoms with van der Waals surface area (Å²) < 4.78 is 32.5. The smallest absolute Gasteiger partial charge is 0.335 e. The Kier molecular flexibility index (Phi) is 11.4. The Hall–Kier alpha value is -1.74. The highest BCUT2D eigenvalue weighted by molar-refractivity contribution is 5.87. The standard InChI is InChI=1S/C12H20O4.C11H18O4/c1-9(2)10(13)16-11-12(3,4)15-8-6-5-7-14-11;1-4-9(12)15-10-11(2,3)14-8-6-5-7-13-10/h11H,1,5-8H2,2-4H3;4,10H,1,5-8H2,2-3H3. The van der Waals surface area contributed by atoms with Gasteiger partial charge >= 0.3 is 11.9 Å². The van der Waals surface area contributed by atoms with Crippen molar-refractivity contribution in [3.63, 3.8) is 0 Å². The first-order valence-corrected chi connectivity index (χ1v) is 10.7. The fourth-order valence-corrected chi connectivity index (χ4v) is 2.70. The van der Waals surface area contributed by atoms with Crippen molar-refractivity contribution in [3.8, 4) is 0 Å². The molecule has 8 heteroatoms. The van der Waals surface area contributed by atoms with E-state index in [4.69, 9.17) is 28.4 Å². The summed E-state index contributed by atoms with van der Waals surface area (Å²) in [5.41, 5.74) is -0.869. The van der Waals surface area contributed by atoms with E-state index in [-0.39, 0.29) is 0 Å². The molecule has 8 nitrogen and oxygen atoms in total. The zero-order chi connectivity index (χ0) is 23.5. The molecule has 0 saturated carbocycles. The molecule has 2 aliphatic rings. The lowest BCUT2D eigenvalue weighted by Crippen LogP contribution is -2.45. The summed E-state index contributed by atoms with van der Waals surface area (Å²) in [5.74, 6) is -0.931. The van der Waals surface area contributed by atoms with Crippen LogP contribution < -0.4 is 0 Å². The molecule has 0 aliphatic carbocycles. The molecular weight excluding hydrogens is 404 g/mol. The van der Waals surface area contributed by atoms with Crippen LogP contribution >= 0.6 is 0 Å². The molecule has 0 aromatic carbocycles. The minimum atomic E-state index is -0.669. The van der Waals surface area contributed by atoms with Crippen LogP contribution in [0.4, 0.5) is 0 Å². The molecule has 2 aliphatic heterocycles. The number of rotatable bonds is 4. The molecule has 2 heterocycles. The molecule has 0 N–H and O–H groups in total. The molecule has 0 aromatic rings. The maximum atomic E-state index is 11.4. The van der Waals surface area contributed by atoms with Crippen molar-refractivity contribution < 1.29 is 38.0 Å². The van der Waals surface area contributed by atoms with E-state index in [0.717, 1.165) is 31.8 Å². The molecule has 2 saturated heterocycles. The Morgan fingerprint density at radius 3 is 1.68 bits per heavy atom. The third-order valence-electron chi connectivity index (χ3n) is 4.65. The summed E-state index contributed by atoms with van der Waals surface area (Å²) in [7, 11) is 0. The highest BCUT2D eigenvalue weighted by Crippen LogP contribution is 2.24. The van der Waals surface area contributed by atoms with Gasteiger partial charge in [-0.2, -0.15) is 0 Å². The molecular formula is C23H38O8. The van der Waals surface area contributed by atoms with Gasteiger partial charge in [-0.3, -0.25) is 0 Å². The number of carbonyl (C=O) groups excluding carboxylic acids is 2.